The number of pyridine rings is 1. The molecule has 1 aliphatic rings. The number of hydrogen-bond donors (Lipinski definition) is 1. The zero-order valence-corrected chi connectivity index (χ0v) is 18.3. The predicted molar refractivity (Wildman–Crippen MR) is 122 cm³/mol. The molecule has 1 fully saturated rings. The van der Waals surface area contributed by atoms with Gasteiger partial charge >= 0.3 is 0 Å². The van der Waals surface area contributed by atoms with E-state index in [0.29, 0.717) is 0 Å². The van der Waals surface area contributed by atoms with Gasteiger partial charge in [-0.3, -0.25) is 4.98 Å². The van der Waals surface area contributed by atoms with Gasteiger partial charge in [0.05, 0.1) is 17.8 Å². The maximum absolute atomic E-state index is 5.74. The van der Waals surface area contributed by atoms with Gasteiger partial charge in [-0.15, -0.1) is 0 Å². The highest BCUT2D eigenvalue weighted by molar-refractivity contribution is 7.80. The molecule has 5 heteroatoms. The van der Waals surface area contributed by atoms with Crippen molar-refractivity contribution in [1.82, 2.24) is 19.8 Å². The molecule has 1 saturated heterocycles. The molecule has 0 radical (unpaired) electrons. The van der Waals surface area contributed by atoms with Crippen molar-refractivity contribution in [3.05, 3.63) is 82.9 Å². The van der Waals surface area contributed by atoms with Crippen LogP contribution in [0.5, 0.6) is 0 Å². The Hall–Kier alpha value is -2.66. The fourth-order valence-corrected chi connectivity index (χ4v) is 4.83. The lowest BCUT2D eigenvalue weighted by Crippen LogP contribution is -2.30. The first-order valence-electron chi connectivity index (χ1n) is 10.3. The SMILES string of the molecule is CCCN1C(=S)NC(c2ccccn2)C1c1cc(C)n(-c2ccccc2C)c1C. The van der Waals surface area contributed by atoms with Gasteiger partial charge in [-0.2, -0.15) is 0 Å². The molecule has 150 valence electrons. The van der Waals surface area contributed by atoms with E-state index in [4.69, 9.17) is 12.2 Å². The molecule has 1 aliphatic heterocycles. The van der Waals surface area contributed by atoms with Crippen LogP contribution in [0.15, 0.2) is 54.7 Å². The first kappa shape index (κ1) is 19.6. The second-order valence-corrected chi connectivity index (χ2v) is 8.16. The van der Waals surface area contributed by atoms with E-state index in [1.54, 1.807) is 0 Å². The van der Waals surface area contributed by atoms with Crippen LogP contribution in [0.4, 0.5) is 0 Å². The monoisotopic (exact) mass is 404 g/mol. The van der Waals surface area contributed by atoms with Gasteiger partial charge in [-0.25, -0.2) is 0 Å². The number of thiocarbonyl (C=S) groups is 1. The number of aryl methyl sites for hydroxylation is 2. The number of rotatable bonds is 5. The highest BCUT2D eigenvalue weighted by atomic mass is 32.1. The van der Waals surface area contributed by atoms with E-state index in [9.17, 15) is 0 Å². The molecule has 0 spiro atoms. The molecule has 0 bridgehead atoms. The molecule has 0 amide bonds. The molecule has 1 aromatic carbocycles. The van der Waals surface area contributed by atoms with E-state index in [0.717, 1.165) is 23.8 Å². The number of aromatic nitrogens is 2. The fraction of sp³-hybridized carbons (Fsp3) is 0.333. The zero-order valence-electron chi connectivity index (χ0n) is 17.5. The van der Waals surface area contributed by atoms with E-state index in [-0.39, 0.29) is 12.1 Å². The Morgan fingerprint density at radius 3 is 2.52 bits per heavy atom. The summed E-state index contributed by atoms with van der Waals surface area (Å²) >= 11 is 5.74. The van der Waals surface area contributed by atoms with Gasteiger partial charge in [-0.05, 0) is 74.8 Å². The number of nitrogens with zero attached hydrogens (tertiary/aromatic N) is 3. The largest absolute Gasteiger partial charge is 0.352 e. The molecule has 2 unspecified atom stereocenters. The van der Waals surface area contributed by atoms with Crippen molar-refractivity contribution in [1.29, 1.82) is 0 Å². The van der Waals surface area contributed by atoms with Crippen LogP contribution in [0.1, 0.15) is 53.6 Å². The molecule has 0 aliphatic carbocycles. The second kappa shape index (κ2) is 7.99. The molecular formula is C24H28N4S. The van der Waals surface area contributed by atoms with Gasteiger partial charge in [0.25, 0.3) is 0 Å². The maximum Gasteiger partial charge on any atom is 0.170 e. The lowest BCUT2D eigenvalue weighted by molar-refractivity contribution is 0.316. The Labute approximate surface area is 178 Å². The van der Waals surface area contributed by atoms with E-state index >= 15 is 0 Å². The summed E-state index contributed by atoms with van der Waals surface area (Å²) in [6.07, 6.45) is 2.90. The normalized spacial score (nSPS) is 18.9. The summed E-state index contributed by atoms with van der Waals surface area (Å²) in [7, 11) is 0. The molecule has 3 aromatic rings. The highest BCUT2D eigenvalue weighted by Crippen LogP contribution is 2.41. The van der Waals surface area contributed by atoms with E-state index in [1.807, 2.05) is 18.3 Å². The topological polar surface area (TPSA) is 33.1 Å². The number of para-hydroxylation sites is 1. The Balaban J connectivity index is 1.85. The van der Waals surface area contributed by atoms with Crippen molar-refractivity contribution in [3.63, 3.8) is 0 Å². The van der Waals surface area contributed by atoms with Crippen LogP contribution >= 0.6 is 12.2 Å². The van der Waals surface area contributed by atoms with Crippen LogP contribution in [-0.4, -0.2) is 26.1 Å². The van der Waals surface area contributed by atoms with Gasteiger partial charge in [0.1, 0.15) is 0 Å². The quantitative estimate of drug-likeness (QED) is 0.594. The van der Waals surface area contributed by atoms with Crippen molar-refractivity contribution in [2.75, 3.05) is 6.54 Å². The molecule has 4 rings (SSSR count). The van der Waals surface area contributed by atoms with E-state index < -0.39 is 0 Å². The summed E-state index contributed by atoms with van der Waals surface area (Å²) in [5, 5.41) is 4.36. The van der Waals surface area contributed by atoms with Gasteiger partial charge in [0, 0.05) is 29.8 Å². The lowest BCUT2D eigenvalue weighted by atomic mass is 9.96. The van der Waals surface area contributed by atoms with Crippen LogP contribution < -0.4 is 5.32 Å². The molecule has 29 heavy (non-hydrogen) atoms. The van der Waals surface area contributed by atoms with Crippen molar-refractivity contribution < 1.29 is 0 Å². The number of benzene rings is 1. The summed E-state index contributed by atoms with van der Waals surface area (Å²) in [5.74, 6) is 0. The number of hydrogen-bond acceptors (Lipinski definition) is 2. The lowest BCUT2D eigenvalue weighted by Gasteiger charge is -2.28. The third kappa shape index (κ3) is 3.44. The Bertz CT molecular complexity index is 1020. The average Bonchev–Trinajstić information content (AvgIpc) is 3.19. The predicted octanol–water partition coefficient (Wildman–Crippen LogP) is 5.18. The van der Waals surface area contributed by atoms with Crippen molar-refractivity contribution in [2.45, 2.75) is 46.2 Å². The summed E-state index contributed by atoms with van der Waals surface area (Å²) in [5.41, 5.74) is 7.34. The van der Waals surface area contributed by atoms with Gasteiger partial charge < -0.3 is 14.8 Å². The zero-order chi connectivity index (χ0) is 20.5. The third-order valence-electron chi connectivity index (χ3n) is 5.81. The van der Waals surface area contributed by atoms with Crippen LogP contribution in [0.3, 0.4) is 0 Å². The Morgan fingerprint density at radius 2 is 1.83 bits per heavy atom. The van der Waals surface area contributed by atoms with Gasteiger partial charge in [0.15, 0.2) is 5.11 Å². The average molecular weight is 405 g/mol. The van der Waals surface area contributed by atoms with E-state index in [1.165, 1.54) is 28.2 Å². The Kier molecular flexibility index (Phi) is 5.41. The van der Waals surface area contributed by atoms with Crippen LogP contribution in [0.25, 0.3) is 5.69 Å². The number of nitrogens with one attached hydrogen (secondary N) is 1. The third-order valence-corrected chi connectivity index (χ3v) is 6.16. The summed E-state index contributed by atoms with van der Waals surface area (Å²) in [6.45, 7) is 9.69. The summed E-state index contributed by atoms with van der Waals surface area (Å²) < 4.78 is 2.37. The van der Waals surface area contributed by atoms with Crippen LogP contribution in [0, 0.1) is 20.8 Å². The molecule has 4 nitrogen and oxygen atoms in total. The minimum atomic E-state index is 0.0427. The van der Waals surface area contributed by atoms with Crippen molar-refractivity contribution >= 4 is 17.3 Å². The van der Waals surface area contributed by atoms with Crippen molar-refractivity contribution in [2.24, 2.45) is 0 Å². The minimum Gasteiger partial charge on any atom is -0.352 e. The second-order valence-electron chi connectivity index (χ2n) is 7.77. The molecular weight excluding hydrogens is 376 g/mol. The first-order chi connectivity index (χ1) is 14.0. The summed E-state index contributed by atoms with van der Waals surface area (Å²) in [4.78, 5) is 6.97. The van der Waals surface area contributed by atoms with Gasteiger partial charge in [-0.1, -0.05) is 31.2 Å². The molecule has 2 aromatic heterocycles. The van der Waals surface area contributed by atoms with Crippen molar-refractivity contribution in [3.8, 4) is 5.69 Å². The highest BCUT2D eigenvalue weighted by Gasteiger charge is 2.40. The standard InChI is InChI=1S/C24H28N4S/c1-5-14-27-23(22(26-24(27)29)20-11-8-9-13-25-20)19-15-17(3)28(18(19)4)21-12-7-6-10-16(21)2/h6-13,15,22-23H,5,14H2,1-4H3,(H,26,29). The molecule has 3 heterocycles. The molecule has 2 atom stereocenters. The van der Waals surface area contributed by atoms with Crippen LogP contribution in [0.2, 0.25) is 0 Å². The first-order valence-corrected chi connectivity index (χ1v) is 10.7. The molecule has 1 N–H and O–H groups in total. The fourth-order valence-electron chi connectivity index (χ4n) is 4.50. The molecule has 0 saturated carbocycles. The van der Waals surface area contributed by atoms with Crippen LogP contribution in [-0.2, 0) is 0 Å². The minimum absolute atomic E-state index is 0.0427. The van der Waals surface area contributed by atoms with E-state index in [2.05, 4.69) is 83.9 Å². The smallest absolute Gasteiger partial charge is 0.170 e. The maximum atomic E-state index is 5.74. The van der Waals surface area contributed by atoms with Gasteiger partial charge in [0.2, 0.25) is 0 Å². The summed E-state index contributed by atoms with van der Waals surface area (Å²) in [6, 6.07) is 17.1. The Morgan fingerprint density at radius 1 is 1.07 bits per heavy atom.